The summed E-state index contributed by atoms with van der Waals surface area (Å²) in [5.41, 5.74) is 19.2. The van der Waals surface area contributed by atoms with Crippen LogP contribution in [0.4, 0.5) is 5.69 Å². The highest BCUT2D eigenvalue weighted by atomic mass is 16.5. The number of anilines is 1. The maximum Gasteiger partial charge on any atom is 0.293 e. The number of benzene rings is 3. The first-order valence-corrected chi connectivity index (χ1v) is 15.9. The van der Waals surface area contributed by atoms with E-state index >= 15 is 0 Å². The van der Waals surface area contributed by atoms with Crippen LogP contribution in [0.1, 0.15) is 69.6 Å². The van der Waals surface area contributed by atoms with Crippen LogP contribution in [-0.4, -0.2) is 31.3 Å². The molecule has 0 unspecified atom stereocenters. The second-order valence-electron chi connectivity index (χ2n) is 12.6. The van der Waals surface area contributed by atoms with Crippen LogP contribution in [0.15, 0.2) is 60.7 Å². The van der Waals surface area contributed by atoms with Gasteiger partial charge in [-0.25, -0.2) is 0 Å². The predicted octanol–water partition coefficient (Wildman–Crippen LogP) is 7.42. The second kappa shape index (κ2) is 15.9. The number of methoxy groups -OCH3 is 1. The van der Waals surface area contributed by atoms with E-state index in [0.29, 0.717) is 19.7 Å². The van der Waals surface area contributed by atoms with Gasteiger partial charge in [-0.2, -0.15) is 0 Å². The van der Waals surface area contributed by atoms with Gasteiger partial charge in [0.2, 0.25) is 0 Å². The third kappa shape index (κ3) is 8.29. The Morgan fingerprint density at radius 1 is 0.955 bits per heavy atom. The summed E-state index contributed by atoms with van der Waals surface area (Å²) in [5, 5.41) is 1.21. The zero-order chi connectivity index (χ0) is 31.5. The first-order chi connectivity index (χ1) is 21.3. The summed E-state index contributed by atoms with van der Waals surface area (Å²) in [6.45, 7) is 9.61. The predicted molar refractivity (Wildman–Crippen MR) is 182 cm³/mol. The van der Waals surface area contributed by atoms with E-state index in [2.05, 4.69) is 91.4 Å². The lowest BCUT2D eigenvalue weighted by molar-refractivity contribution is -0.131. The molecule has 0 atom stereocenters. The summed E-state index contributed by atoms with van der Waals surface area (Å²) in [4.78, 5) is 11.1. The zero-order valence-corrected chi connectivity index (χ0v) is 27.0. The van der Waals surface area contributed by atoms with E-state index in [4.69, 9.17) is 21.1 Å². The first-order valence-electron chi connectivity index (χ1n) is 15.9. The third-order valence-electron chi connectivity index (χ3n) is 8.39. The molecule has 3 aromatic carbocycles. The molecule has 0 radical (unpaired) electrons. The van der Waals surface area contributed by atoms with Crippen LogP contribution in [0.3, 0.4) is 0 Å². The summed E-state index contributed by atoms with van der Waals surface area (Å²) in [6.07, 6.45) is 7.63. The number of nitrogen functional groups attached to an aromatic ring is 1. The highest BCUT2D eigenvalue weighted by Crippen LogP contribution is 2.41. The third-order valence-corrected chi connectivity index (χ3v) is 8.39. The van der Waals surface area contributed by atoms with Gasteiger partial charge in [0.15, 0.2) is 0 Å². The first kappa shape index (κ1) is 33.2. The minimum atomic E-state index is -0.264. The Kier molecular flexibility index (Phi) is 12.0. The van der Waals surface area contributed by atoms with Gasteiger partial charge in [0.1, 0.15) is 0 Å². The summed E-state index contributed by atoms with van der Waals surface area (Å²) in [7, 11) is 1.74. The van der Waals surface area contributed by atoms with Gasteiger partial charge in [0.25, 0.3) is 6.47 Å². The van der Waals surface area contributed by atoms with Gasteiger partial charge in [-0.1, -0.05) is 69.5 Å². The Morgan fingerprint density at radius 2 is 1.73 bits per heavy atom. The Balaban J connectivity index is 1.77. The van der Waals surface area contributed by atoms with Crippen molar-refractivity contribution in [3.8, 4) is 22.4 Å². The van der Waals surface area contributed by atoms with Crippen LogP contribution in [0.25, 0.3) is 33.3 Å². The van der Waals surface area contributed by atoms with Crippen LogP contribution >= 0.6 is 0 Å². The number of nitrogens with zero attached hydrogens (tertiary/aromatic N) is 1. The number of nitrogens with two attached hydrogens (primary N) is 2. The molecular formula is C37H50N4O3. The van der Waals surface area contributed by atoms with Gasteiger partial charge in [-0.05, 0) is 84.7 Å². The number of aryl methyl sites for hydroxylation is 2. The normalized spacial score (nSPS) is 11.8. The fourth-order valence-electron chi connectivity index (χ4n) is 6.36. The van der Waals surface area contributed by atoms with Crippen LogP contribution in [0.5, 0.6) is 0 Å². The Morgan fingerprint density at radius 3 is 2.48 bits per heavy atom. The Bertz CT molecular complexity index is 1520. The number of ether oxygens (including phenoxy) is 2. The molecule has 4 aromatic rings. The molecule has 5 N–H and O–H groups in total. The van der Waals surface area contributed by atoms with Crippen LogP contribution in [0, 0.1) is 5.41 Å². The van der Waals surface area contributed by atoms with Gasteiger partial charge >= 0.3 is 0 Å². The number of aromatic nitrogens is 1. The highest BCUT2D eigenvalue weighted by molar-refractivity contribution is 5.95. The van der Waals surface area contributed by atoms with E-state index in [9.17, 15) is 4.79 Å². The van der Waals surface area contributed by atoms with Gasteiger partial charge in [0.05, 0.1) is 18.9 Å². The zero-order valence-electron chi connectivity index (χ0n) is 27.0. The monoisotopic (exact) mass is 598 g/mol. The SMILES string of the molecule is CCn1c(-c2ccccc2COC)c(CC(C)(C)COC=O)c2cc(-c3cc(N)cc(CCCCCCCNN)c3)ccc21. The number of hydrogen-bond donors (Lipinski definition) is 3. The van der Waals surface area contributed by atoms with Gasteiger partial charge in [0, 0.05) is 47.8 Å². The summed E-state index contributed by atoms with van der Waals surface area (Å²) in [6, 6.07) is 21.7. The van der Waals surface area contributed by atoms with Crippen molar-refractivity contribution in [2.24, 2.45) is 11.3 Å². The van der Waals surface area contributed by atoms with Crippen molar-refractivity contribution in [3.05, 3.63) is 77.4 Å². The van der Waals surface area contributed by atoms with E-state index in [1.54, 1.807) is 7.11 Å². The minimum Gasteiger partial charge on any atom is -0.467 e. The number of hydrogen-bond acceptors (Lipinski definition) is 6. The number of carbonyl (C=O) groups excluding carboxylic acids is 1. The Labute approximate surface area is 262 Å². The van der Waals surface area contributed by atoms with Crippen LogP contribution < -0.4 is 17.0 Å². The molecule has 44 heavy (non-hydrogen) atoms. The fraction of sp³-hybridized carbons (Fsp3) is 0.432. The summed E-state index contributed by atoms with van der Waals surface area (Å²) in [5.74, 6) is 5.38. The van der Waals surface area contributed by atoms with E-state index < -0.39 is 0 Å². The van der Waals surface area contributed by atoms with E-state index in [-0.39, 0.29) is 5.41 Å². The molecule has 0 fully saturated rings. The number of nitrogens with one attached hydrogen (secondary N) is 1. The molecule has 0 bridgehead atoms. The number of hydrazine groups is 1. The standard InChI is InChI=1S/C37H50N4O3/c1-5-41-35-17-16-28(30-19-27(20-31(38)21-30)13-9-7-6-8-12-18-40-39)22-33(35)34(23-37(2,3)25-44-26-42)36(41)32-15-11-10-14-29(32)24-43-4/h10-11,14-17,19-22,26,40H,5-9,12-13,18,23-25,38-39H2,1-4H3. The van der Waals surface area contributed by atoms with Crippen molar-refractivity contribution in [3.63, 3.8) is 0 Å². The molecule has 1 aromatic heterocycles. The highest BCUT2D eigenvalue weighted by Gasteiger charge is 2.27. The molecular weight excluding hydrogens is 548 g/mol. The average Bonchev–Trinajstić information content (AvgIpc) is 3.31. The fourth-order valence-corrected chi connectivity index (χ4v) is 6.36. The van der Waals surface area contributed by atoms with E-state index in [0.717, 1.165) is 61.2 Å². The molecule has 0 saturated heterocycles. The summed E-state index contributed by atoms with van der Waals surface area (Å²) >= 11 is 0. The molecule has 4 rings (SSSR count). The number of carbonyl (C=O) groups is 1. The van der Waals surface area contributed by atoms with Gasteiger partial charge in [-0.15, -0.1) is 0 Å². The lowest BCUT2D eigenvalue weighted by Crippen LogP contribution is -2.22. The van der Waals surface area contributed by atoms with E-state index in [1.165, 1.54) is 52.5 Å². The molecule has 1 heterocycles. The Hall–Kier alpha value is -3.65. The second-order valence-corrected chi connectivity index (χ2v) is 12.6. The maximum atomic E-state index is 11.1. The van der Waals surface area contributed by atoms with Crippen molar-refractivity contribution >= 4 is 23.1 Å². The van der Waals surface area contributed by atoms with Crippen molar-refractivity contribution < 1.29 is 14.3 Å². The van der Waals surface area contributed by atoms with Crippen LogP contribution in [0.2, 0.25) is 0 Å². The van der Waals surface area contributed by atoms with Crippen molar-refractivity contribution in [2.45, 2.75) is 78.9 Å². The van der Waals surface area contributed by atoms with Crippen molar-refractivity contribution in [2.75, 3.05) is 26.0 Å². The number of unbranched alkanes of at least 4 members (excludes halogenated alkanes) is 4. The van der Waals surface area contributed by atoms with Crippen molar-refractivity contribution in [1.82, 2.24) is 9.99 Å². The molecule has 0 aliphatic rings. The van der Waals surface area contributed by atoms with Gasteiger partial charge < -0.3 is 19.8 Å². The number of rotatable bonds is 18. The number of fused-ring (bicyclic) bond motifs is 1. The molecule has 7 heteroatoms. The van der Waals surface area contributed by atoms with Crippen molar-refractivity contribution in [1.29, 1.82) is 0 Å². The molecule has 0 aliphatic carbocycles. The topological polar surface area (TPSA) is 105 Å². The molecule has 0 spiro atoms. The lowest BCUT2D eigenvalue weighted by Gasteiger charge is -2.24. The lowest BCUT2D eigenvalue weighted by atomic mass is 9.84. The largest absolute Gasteiger partial charge is 0.467 e. The quantitative estimate of drug-likeness (QED) is 0.0362. The minimum absolute atomic E-state index is 0.264. The smallest absolute Gasteiger partial charge is 0.293 e. The van der Waals surface area contributed by atoms with Crippen LogP contribution in [-0.2, 0) is 40.3 Å². The van der Waals surface area contributed by atoms with E-state index in [1.807, 2.05) is 0 Å². The molecule has 236 valence electrons. The van der Waals surface area contributed by atoms with Gasteiger partial charge in [-0.3, -0.25) is 16.1 Å². The molecule has 0 amide bonds. The molecule has 0 saturated carbocycles. The maximum absolute atomic E-state index is 11.1. The average molecular weight is 599 g/mol. The molecule has 0 aliphatic heterocycles. The summed E-state index contributed by atoms with van der Waals surface area (Å²) < 4.78 is 13.3. The molecule has 7 nitrogen and oxygen atoms in total.